The topological polar surface area (TPSA) is 114 Å². The van der Waals surface area contributed by atoms with Crippen LogP contribution in [0.4, 0.5) is 0 Å². The van der Waals surface area contributed by atoms with E-state index < -0.39 is 30.0 Å². The van der Waals surface area contributed by atoms with Crippen LogP contribution in [0.1, 0.15) is 38.3 Å². The summed E-state index contributed by atoms with van der Waals surface area (Å²) in [6.45, 7) is 8.37. The Labute approximate surface area is 216 Å². The van der Waals surface area contributed by atoms with Crippen molar-refractivity contribution in [1.82, 2.24) is 14.9 Å². The van der Waals surface area contributed by atoms with Crippen molar-refractivity contribution in [3.8, 4) is 0 Å². The van der Waals surface area contributed by atoms with Gasteiger partial charge in [0.2, 0.25) is 11.8 Å². The maximum absolute atomic E-state index is 13.1. The molecule has 0 saturated carbocycles. The molecule has 36 heavy (non-hydrogen) atoms. The largest absolute Gasteiger partial charge is 0.371 e. The van der Waals surface area contributed by atoms with Crippen LogP contribution in [0.3, 0.4) is 0 Å². The van der Waals surface area contributed by atoms with Crippen LogP contribution in [0, 0.1) is 0 Å². The lowest BCUT2D eigenvalue weighted by molar-refractivity contribution is -0.134. The Kier molecular flexibility index (Phi) is 12.5. The second kappa shape index (κ2) is 15.3. The number of carbonyl (C=O) groups excluding carboxylic acids is 3. The molecule has 2 rings (SSSR count). The van der Waals surface area contributed by atoms with Gasteiger partial charge in [-0.25, -0.2) is 0 Å². The number of carbonyl (C=O) groups is 3. The highest BCUT2D eigenvalue weighted by atomic mass is 32.2. The van der Waals surface area contributed by atoms with Crippen LogP contribution < -0.4 is 16.4 Å². The van der Waals surface area contributed by atoms with Crippen molar-refractivity contribution < 1.29 is 19.1 Å². The zero-order valence-electron chi connectivity index (χ0n) is 21.3. The van der Waals surface area contributed by atoms with Crippen LogP contribution in [0.5, 0.6) is 0 Å². The van der Waals surface area contributed by atoms with Crippen molar-refractivity contribution in [2.45, 2.75) is 63.4 Å². The number of amides is 2. The van der Waals surface area contributed by atoms with E-state index in [9.17, 15) is 14.4 Å². The van der Waals surface area contributed by atoms with Gasteiger partial charge in [-0.15, -0.1) is 0 Å². The van der Waals surface area contributed by atoms with Gasteiger partial charge in [-0.1, -0.05) is 72.9 Å². The number of hydrogen-bond acceptors (Lipinski definition) is 6. The lowest BCUT2D eigenvalue weighted by Crippen LogP contribution is -2.56. The summed E-state index contributed by atoms with van der Waals surface area (Å²) < 4.78 is 8.18. The lowest BCUT2D eigenvalue weighted by Gasteiger charge is -2.26. The van der Waals surface area contributed by atoms with Crippen molar-refractivity contribution >= 4 is 34.6 Å². The molecule has 0 aliphatic rings. The van der Waals surface area contributed by atoms with E-state index in [-0.39, 0.29) is 30.2 Å². The molecule has 2 aromatic rings. The van der Waals surface area contributed by atoms with Crippen LogP contribution in [0.15, 0.2) is 59.5 Å². The van der Waals surface area contributed by atoms with Gasteiger partial charge in [0.1, 0.15) is 12.3 Å². The second-order valence-electron chi connectivity index (χ2n) is 8.34. The highest BCUT2D eigenvalue weighted by Crippen LogP contribution is 2.28. The van der Waals surface area contributed by atoms with Gasteiger partial charge in [0.05, 0.1) is 18.8 Å². The zero-order valence-corrected chi connectivity index (χ0v) is 22.1. The Morgan fingerprint density at radius 2 is 1.69 bits per heavy atom. The van der Waals surface area contributed by atoms with Gasteiger partial charge in [0.25, 0.3) is 0 Å². The minimum absolute atomic E-state index is 0.132. The summed E-state index contributed by atoms with van der Waals surface area (Å²) in [5, 5.41) is 5.53. The van der Waals surface area contributed by atoms with Gasteiger partial charge in [-0.2, -0.15) is 0 Å². The third kappa shape index (κ3) is 8.98. The number of rotatable bonds is 15. The lowest BCUT2D eigenvalue weighted by atomic mass is 10.1. The minimum Gasteiger partial charge on any atom is -0.371 e. The number of aldehydes is 1. The first-order valence-electron chi connectivity index (χ1n) is 12.1. The standard InChI is InChI=1S/C27H38N4O4S/c1-5-31(6-2)36(4)23-14-12-21(13-15-23)18-29-27(34)25(30-26(33)24(28)16-17-32)20(3)35-19-22-10-8-7-9-11-22/h7-15,17,20,24-25H,4-6,16,18-19,28H2,1-3H3,(H,29,34)(H,30,33). The van der Waals surface area contributed by atoms with Crippen LogP contribution in [0.25, 0.3) is 0 Å². The number of hydrogen-bond donors (Lipinski definition) is 3. The van der Waals surface area contributed by atoms with E-state index in [1.54, 1.807) is 6.92 Å². The maximum atomic E-state index is 13.1. The SMILES string of the molecule is C=S(c1ccc(CNC(=O)C(NC(=O)C(N)CC=O)C(C)OCc2ccccc2)cc1)N(CC)CC. The summed E-state index contributed by atoms with van der Waals surface area (Å²) in [6.07, 6.45) is -0.190. The molecule has 4 N–H and O–H groups in total. The third-order valence-electron chi connectivity index (χ3n) is 5.77. The molecular weight excluding hydrogens is 476 g/mol. The zero-order chi connectivity index (χ0) is 26.5. The normalized spacial score (nSPS) is 14.5. The fourth-order valence-electron chi connectivity index (χ4n) is 3.51. The maximum Gasteiger partial charge on any atom is 0.245 e. The molecule has 0 aliphatic carbocycles. The molecule has 196 valence electrons. The number of ether oxygens (including phenoxy) is 1. The van der Waals surface area contributed by atoms with Crippen molar-refractivity contribution in [3.63, 3.8) is 0 Å². The van der Waals surface area contributed by atoms with Gasteiger partial charge in [-0.3, -0.25) is 13.9 Å². The van der Waals surface area contributed by atoms with E-state index in [1.807, 2.05) is 54.6 Å². The quantitative estimate of drug-likeness (QED) is 0.249. The molecule has 0 saturated heterocycles. The van der Waals surface area contributed by atoms with Gasteiger partial charge >= 0.3 is 0 Å². The number of benzene rings is 2. The Morgan fingerprint density at radius 3 is 2.28 bits per heavy atom. The molecular formula is C27H38N4O4S. The molecule has 0 heterocycles. The van der Waals surface area contributed by atoms with Crippen molar-refractivity contribution in [2.75, 3.05) is 13.1 Å². The Balaban J connectivity index is 2.05. The van der Waals surface area contributed by atoms with Gasteiger partial charge in [0, 0.05) is 31.0 Å². The average Bonchev–Trinajstić information content (AvgIpc) is 2.90. The number of nitrogens with one attached hydrogen (secondary N) is 2. The van der Waals surface area contributed by atoms with Crippen molar-refractivity contribution in [3.05, 3.63) is 65.7 Å². The van der Waals surface area contributed by atoms with E-state index in [2.05, 4.69) is 34.7 Å². The smallest absolute Gasteiger partial charge is 0.245 e. The fourth-order valence-corrected chi connectivity index (χ4v) is 4.88. The minimum atomic E-state index is -1.03. The van der Waals surface area contributed by atoms with Crippen molar-refractivity contribution in [2.24, 2.45) is 5.73 Å². The van der Waals surface area contributed by atoms with Gasteiger partial charge < -0.3 is 25.9 Å². The average molecular weight is 515 g/mol. The second-order valence-corrected chi connectivity index (χ2v) is 10.1. The van der Waals surface area contributed by atoms with Gasteiger partial charge in [-0.05, 0) is 30.2 Å². The highest BCUT2D eigenvalue weighted by Gasteiger charge is 2.29. The monoisotopic (exact) mass is 514 g/mol. The summed E-state index contributed by atoms with van der Waals surface area (Å²) in [5.74, 6) is 3.31. The molecule has 0 radical (unpaired) electrons. The van der Waals surface area contributed by atoms with Crippen LogP contribution >= 0.6 is 10.7 Å². The number of nitrogens with zero attached hydrogens (tertiary/aromatic N) is 1. The molecule has 9 heteroatoms. The van der Waals surface area contributed by atoms with Crippen molar-refractivity contribution in [1.29, 1.82) is 0 Å². The van der Waals surface area contributed by atoms with E-state index >= 15 is 0 Å². The summed E-state index contributed by atoms with van der Waals surface area (Å²) in [5.41, 5.74) is 7.63. The summed E-state index contributed by atoms with van der Waals surface area (Å²) in [7, 11) is -0.242. The van der Waals surface area contributed by atoms with E-state index in [4.69, 9.17) is 10.5 Å². The fraction of sp³-hybridized carbons (Fsp3) is 0.407. The molecule has 4 unspecified atom stereocenters. The summed E-state index contributed by atoms with van der Waals surface area (Å²) in [6, 6.07) is 15.5. The first-order chi connectivity index (χ1) is 17.3. The first-order valence-corrected chi connectivity index (χ1v) is 13.5. The molecule has 0 aromatic heterocycles. The predicted molar refractivity (Wildman–Crippen MR) is 145 cm³/mol. The van der Waals surface area contributed by atoms with Crippen LogP contribution in [0.2, 0.25) is 0 Å². The summed E-state index contributed by atoms with van der Waals surface area (Å²) >= 11 is 0. The predicted octanol–water partition coefficient (Wildman–Crippen LogP) is 2.63. The Bertz CT molecular complexity index is 997. The third-order valence-corrected chi connectivity index (χ3v) is 7.73. The summed E-state index contributed by atoms with van der Waals surface area (Å²) in [4.78, 5) is 37.5. The van der Waals surface area contributed by atoms with Crippen LogP contribution in [-0.2, 0) is 32.3 Å². The number of nitrogens with two attached hydrogens (primary N) is 1. The van der Waals surface area contributed by atoms with E-state index in [0.29, 0.717) is 6.29 Å². The molecule has 0 spiro atoms. The van der Waals surface area contributed by atoms with Crippen LogP contribution in [-0.4, -0.2) is 59.6 Å². The molecule has 0 bridgehead atoms. The Morgan fingerprint density at radius 1 is 1.06 bits per heavy atom. The molecule has 2 amide bonds. The molecule has 4 atom stereocenters. The van der Waals surface area contributed by atoms with E-state index in [0.717, 1.165) is 29.1 Å². The molecule has 0 fully saturated rings. The Hall–Kier alpha value is -2.85. The molecule has 8 nitrogen and oxygen atoms in total. The van der Waals surface area contributed by atoms with Gasteiger partial charge in [0.15, 0.2) is 0 Å². The highest BCUT2D eigenvalue weighted by molar-refractivity contribution is 8.12. The molecule has 2 aromatic carbocycles. The first kappa shape index (κ1) is 29.4. The van der Waals surface area contributed by atoms with E-state index in [1.165, 1.54) is 0 Å². The molecule has 0 aliphatic heterocycles.